The van der Waals surface area contributed by atoms with Crippen molar-refractivity contribution in [1.82, 2.24) is 0 Å². The Morgan fingerprint density at radius 2 is 2.06 bits per heavy atom. The van der Waals surface area contributed by atoms with E-state index in [1.807, 2.05) is 0 Å². The smallest absolute Gasteiger partial charge is 0.311 e. The lowest BCUT2D eigenvalue weighted by atomic mass is 9.89. The predicted molar refractivity (Wildman–Crippen MR) is 58.6 cm³/mol. The van der Waals surface area contributed by atoms with Gasteiger partial charge < -0.3 is 9.47 Å². The molecule has 0 N–H and O–H groups in total. The second-order valence-electron chi connectivity index (χ2n) is 5.51. The summed E-state index contributed by atoms with van der Waals surface area (Å²) in [4.78, 5) is 12.0. The van der Waals surface area contributed by atoms with Crippen molar-refractivity contribution >= 4 is 5.97 Å². The van der Waals surface area contributed by atoms with Gasteiger partial charge in [-0.2, -0.15) is 0 Å². The summed E-state index contributed by atoms with van der Waals surface area (Å²) in [5.41, 5.74) is 0. The molecule has 1 aliphatic heterocycles. The molecule has 3 heteroatoms. The molecule has 4 atom stereocenters. The van der Waals surface area contributed by atoms with Crippen LogP contribution < -0.4 is 0 Å². The second kappa shape index (κ2) is 4.36. The van der Waals surface area contributed by atoms with Crippen molar-refractivity contribution in [3.8, 4) is 0 Å². The first-order valence-corrected chi connectivity index (χ1v) is 6.65. The van der Waals surface area contributed by atoms with Crippen LogP contribution in [0.1, 0.15) is 44.9 Å². The zero-order chi connectivity index (χ0) is 11.0. The van der Waals surface area contributed by atoms with E-state index in [-0.39, 0.29) is 18.2 Å². The van der Waals surface area contributed by atoms with Crippen LogP contribution in [0.3, 0.4) is 0 Å². The van der Waals surface area contributed by atoms with Crippen LogP contribution in [-0.2, 0) is 14.3 Å². The summed E-state index contributed by atoms with van der Waals surface area (Å²) in [6.45, 7) is 0.745. The minimum Gasteiger partial charge on any atom is -0.436 e. The molecule has 2 saturated carbocycles. The highest BCUT2D eigenvalue weighted by atomic mass is 16.7. The van der Waals surface area contributed by atoms with E-state index in [4.69, 9.17) is 9.47 Å². The monoisotopic (exact) mass is 224 g/mol. The van der Waals surface area contributed by atoms with Gasteiger partial charge in [-0.05, 0) is 43.9 Å². The highest BCUT2D eigenvalue weighted by molar-refractivity contribution is 5.73. The lowest BCUT2D eigenvalue weighted by molar-refractivity contribution is -0.192. The third kappa shape index (κ3) is 1.97. The van der Waals surface area contributed by atoms with Gasteiger partial charge >= 0.3 is 5.97 Å². The van der Waals surface area contributed by atoms with Crippen molar-refractivity contribution < 1.29 is 14.3 Å². The van der Waals surface area contributed by atoms with E-state index in [1.165, 1.54) is 19.3 Å². The van der Waals surface area contributed by atoms with Gasteiger partial charge in [0.25, 0.3) is 0 Å². The maximum atomic E-state index is 12.0. The maximum absolute atomic E-state index is 12.0. The van der Waals surface area contributed by atoms with Gasteiger partial charge in [-0.3, -0.25) is 4.79 Å². The normalized spacial score (nSPS) is 42.2. The summed E-state index contributed by atoms with van der Waals surface area (Å²) in [7, 11) is 0. The Kier molecular flexibility index (Phi) is 2.88. The molecule has 3 rings (SSSR count). The highest BCUT2D eigenvalue weighted by Gasteiger charge is 2.44. The number of hydrogen-bond donors (Lipinski definition) is 0. The molecule has 1 saturated heterocycles. The van der Waals surface area contributed by atoms with Crippen LogP contribution in [0.15, 0.2) is 0 Å². The molecular weight excluding hydrogens is 204 g/mol. The molecule has 16 heavy (non-hydrogen) atoms. The van der Waals surface area contributed by atoms with Crippen LogP contribution >= 0.6 is 0 Å². The largest absolute Gasteiger partial charge is 0.436 e. The average molecular weight is 224 g/mol. The van der Waals surface area contributed by atoms with Crippen molar-refractivity contribution in [2.45, 2.75) is 51.2 Å². The minimum atomic E-state index is -0.250. The molecule has 0 aromatic heterocycles. The molecule has 0 spiro atoms. The van der Waals surface area contributed by atoms with E-state index < -0.39 is 0 Å². The molecule has 0 aromatic carbocycles. The zero-order valence-electron chi connectivity index (χ0n) is 9.69. The van der Waals surface area contributed by atoms with Crippen LogP contribution in [0.2, 0.25) is 0 Å². The summed E-state index contributed by atoms with van der Waals surface area (Å²) in [5.74, 6) is 1.61. The average Bonchev–Trinajstić information content (AvgIpc) is 2.92. The molecule has 2 aliphatic carbocycles. The lowest BCUT2D eigenvalue weighted by Gasteiger charge is -2.26. The van der Waals surface area contributed by atoms with Gasteiger partial charge in [0, 0.05) is 6.42 Å². The first-order chi connectivity index (χ1) is 7.83. The topological polar surface area (TPSA) is 35.5 Å². The van der Waals surface area contributed by atoms with Gasteiger partial charge in [0.1, 0.15) is 0 Å². The number of ether oxygens (including phenoxy) is 2. The predicted octanol–water partition coefficient (Wildman–Crippen LogP) is 2.49. The van der Waals surface area contributed by atoms with Gasteiger partial charge in [-0.25, -0.2) is 0 Å². The first-order valence-electron chi connectivity index (χ1n) is 6.65. The fourth-order valence-electron chi connectivity index (χ4n) is 3.55. The van der Waals surface area contributed by atoms with E-state index >= 15 is 0 Å². The van der Waals surface area contributed by atoms with E-state index in [1.54, 1.807) is 0 Å². The molecule has 1 heterocycles. The second-order valence-corrected chi connectivity index (χ2v) is 5.51. The standard InChI is InChI=1S/C13H20O3/c14-13(16-12-3-1-2-6-15-12)11-8-9-4-5-10(11)7-9/h9-12H,1-8H2/t9-,10+,11?,12?/m0/s1. The molecule has 3 aliphatic rings. The Balaban J connectivity index is 1.53. The van der Waals surface area contributed by atoms with Crippen molar-refractivity contribution in [1.29, 1.82) is 0 Å². The van der Waals surface area contributed by atoms with Crippen LogP contribution in [0.25, 0.3) is 0 Å². The number of fused-ring (bicyclic) bond motifs is 2. The van der Waals surface area contributed by atoms with Gasteiger partial charge in [-0.1, -0.05) is 6.42 Å². The molecule has 90 valence electrons. The number of carbonyl (C=O) groups excluding carboxylic acids is 1. The summed E-state index contributed by atoms with van der Waals surface area (Å²) in [6, 6.07) is 0. The Labute approximate surface area is 96.5 Å². The van der Waals surface area contributed by atoms with Gasteiger partial charge in [0.15, 0.2) is 0 Å². The number of rotatable bonds is 2. The van der Waals surface area contributed by atoms with Crippen molar-refractivity contribution in [2.24, 2.45) is 17.8 Å². The minimum absolute atomic E-state index is 0.0131. The Morgan fingerprint density at radius 3 is 2.69 bits per heavy atom. The lowest BCUT2D eigenvalue weighted by Crippen LogP contribution is -2.31. The zero-order valence-corrected chi connectivity index (χ0v) is 9.69. The summed E-state index contributed by atoms with van der Waals surface area (Å²) in [5, 5.41) is 0. The maximum Gasteiger partial charge on any atom is 0.311 e. The first kappa shape index (κ1) is 10.6. The third-order valence-electron chi connectivity index (χ3n) is 4.43. The molecular formula is C13H20O3. The van der Waals surface area contributed by atoms with E-state index in [0.29, 0.717) is 5.92 Å². The Bertz CT molecular complexity index is 270. The van der Waals surface area contributed by atoms with Crippen LogP contribution in [0, 0.1) is 17.8 Å². The highest BCUT2D eigenvalue weighted by Crippen LogP contribution is 2.48. The van der Waals surface area contributed by atoms with E-state index in [2.05, 4.69) is 0 Å². The van der Waals surface area contributed by atoms with Crippen molar-refractivity contribution in [3.63, 3.8) is 0 Å². The Hall–Kier alpha value is -0.570. The van der Waals surface area contributed by atoms with E-state index in [0.717, 1.165) is 38.2 Å². The summed E-state index contributed by atoms with van der Waals surface area (Å²) >= 11 is 0. The molecule has 2 unspecified atom stereocenters. The van der Waals surface area contributed by atoms with Crippen LogP contribution in [0.4, 0.5) is 0 Å². The van der Waals surface area contributed by atoms with Crippen molar-refractivity contribution in [2.75, 3.05) is 6.61 Å². The summed E-state index contributed by atoms with van der Waals surface area (Å²) in [6.07, 6.45) is 7.73. The number of carbonyl (C=O) groups is 1. The third-order valence-corrected chi connectivity index (χ3v) is 4.43. The van der Waals surface area contributed by atoms with Gasteiger partial charge in [0.05, 0.1) is 12.5 Å². The van der Waals surface area contributed by atoms with Crippen molar-refractivity contribution in [3.05, 3.63) is 0 Å². The van der Waals surface area contributed by atoms with Crippen LogP contribution in [-0.4, -0.2) is 18.9 Å². The molecule has 0 radical (unpaired) electrons. The number of esters is 1. The van der Waals surface area contributed by atoms with E-state index in [9.17, 15) is 4.79 Å². The van der Waals surface area contributed by atoms with Gasteiger partial charge in [-0.15, -0.1) is 0 Å². The molecule has 0 amide bonds. The number of hydrogen-bond acceptors (Lipinski definition) is 3. The quantitative estimate of drug-likeness (QED) is 0.676. The van der Waals surface area contributed by atoms with Gasteiger partial charge in [0.2, 0.25) is 6.29 Å². The fraction of sp³-hybridized carbons (Fsp3) is 0.923. The molecule has 2 bridgehead atoms. The Morgan fingerprint density at radius 1 is 1.12 bits per heavy atom. The summed E-state index contributed by atoms with van der Waals surface area (Å²) < 4.78 is 10.9. The molecule has 3 fully saturated rings. The van der Waals surface area contributed by atoms with Crippen LogP contribution in [0.5, 0.6) is 0 Å². The molecule has 3 nitrogen and oxygen atoms in total. The SMILES string of the molecule is O=C(OC1CCCCO1)C1C[C@H]2CC[C@@H]1C2. The molecule has 0 aromatic rings. The fourth-order valence-corrected chi connectivity index (χ4v) is 3.55.